The number of nitrogens with two attached hydrogens (primary N) is 1. The van der Waals surface area contributed by atoms with Gasteiger partial charge in [0.1, 0.15) is 0 Å². The molecule has 0 aliphatic heterocycles. The van der Waals surface area contributed by atoms with E-state index in [0.29, 0.717) is 6.54 Å². The maximum atomic E-state index is 5.90. The largest absolute Gasteiger partial charge is 0.359 e. The van der Waals surface area contributed by atoms with Crippen LogP contribution in [0.15, 0.2) is 18.3 Å². The van der Waals surface area contributed by atoms with Crippen molar-refractivity contribution in [1.29, 1.82) is 0 Å². The molecule has 0 aliphatic carbocycles. The average Bonchev–Trinajstić information content (AvgIpc) is 2.35. The van der Waals surface area contributed by atoms with Crippen LogP contribution in [-0.2, 0) is 0 Å². The third-order valence-electron chi connectivity index (χ3n) is 2.62. The van der Waals surface area contributed by atoms with Crippen molar-refractivity contribution in [3.63, 3.8) is 0 Å². The number of rotatable bonds is 5. The fraction of sp³-hybridized carbons (Fsp3) is 0.462. The summed E-state index contributed by atoms with van der Waals surface area (Å²) in [5, 5.41) is 0. The van der Waals surface area contributed by atoms with E-state index in [9.17, 15) is 0 Å². The highest BCUT2D eigenvalue weighted by molar-refractivity contribution is 5.45. The molecule has 2 N–H and O–H groups in total. The maximum absolute atomic E-state index is 5.90. The predicted molar refractivity (Wildman–Crippen MR) is 68.2 cm³/mol. The molecular weight excluding hydrogens is 198 g/mol. The SMILES string of the molecule is C#CCN(CC)c1ccc(C(N)CC)nc1. The topological polar surface area (TPSA) is 42.1 Å². The van der Waals surface area contributed by atoms with E-state index < -0.39 is 0 Å². The standard InChI is InChI=1S/C13H19N3/c1-4-9-16(6-3)11-7-8-13(15-10-11)12(14)5-2/h1,7-8,10,12H,5-6,9,14H2,2-3H3. The highest BCUT2D eigenvalue weighted by Crippen LogP contribution is 2.16. The van der Waals surface area contributed by atoms with Gasteiger partial charge >= 0.3 is 0 Å². The van der Waals surface area contributed by atoms with E-state index in [1.165, 1.54) is 0 Å². The van der Waals surface area contributed by atoms with Gasteiger partial charge in [0.25, 0.3) is 0 Å². The number of hydrogen-bond acceptors (Lipinski definition) is 3. The molecule has 1 heterocycles. The molecule has 1 aromatic heterocycles. The first-order valence-electron chi connectivity index (χ1n) is 5.62. The third kappa shape index (κ3) is 2.98. The number of anilines is 1. The van der Waals surface area contributed by atoms with Crippen LogP contribution in [0.4, 0.5) is 5.69 Å². The molecule has 0 saturated heterocycles. The summed E-state index contributed by atoms with van der Waals surface area (Å²) in [6.45, 7) is 5.61. The van der Waals surface area contributed by atoms with Crippen LogP contribution in [0.5, 0.6) is 0 Å². The number of pyridine rings is 1. The third-order valence-corrected chi connectivity index (χ3v) is 2.62. The summed E-state index contributed by atoms with van der Waals surface area (Å²) >= 11 is 0. The molecule has 1 aromatic rings. The van der Waals surface area contributed by atoms with Gasteiger partial charge in [-0.05, 0) is 25.5 Å². The van der Waals surface area contributed by atoms with E-state index >= 15 is 0 Å². The fourth-order valence-corrected chi connectivity index (χ4v) is 1.51. The molecule has 16 heavy (non-hydrogen) atoms. The van der Waals surface area contributed by atoms with Gasteiger partial charge in [0.2, 0.25) is 0 Å². The molecule has 0 saturated carbocycles. The van der Waals surface area contributed by atoms with Gasteiger partial charge in [-0.1, -0.05) is 12.8 Å². The molecule has 86 valence electrons. The molecule has 0 amide bonds. The Kier molecular flexibility index (Phi) is 4.81. The molecule has 0 radical (unpaired) electrons. The van der Waals surface area contributed by atoms with Crippen molar-refractivity contribution in [2.24, 2.45) is 5.73 Å². The van der Waals surface area contributed by atoms with Gasteiger partial charge in [-0.3, -0.25) is 4.98 Å². The minimum atomic E-state index is 0.0248. The van der Waals surface area contributed by atoms with Crippen LogP contribution >= 0.6 is 0 Å². The first kappa shape index (κ1) is 12.5. The first-order valence-corrected chi connectivity index (χ1v) is 5.62. The minimum Gasteiger partial charge on any atom is -0.359 e. The number of aromatic nitrogens is 1. The van der Waals surface area contributed by atoms with Crippen molar-refractivity contribution >= 4 is 5.69 Å². The van der Waals surface area contributed by atoms with Gasteiger partial charge < -0.3 is 10.6 Å². The second-order valence-corrected chi connectivity index (χ2v) is 3.67. The summed E-state index contributed by atoms with van der Waals surface area (Å²) in [5.74, 6) is 2.64. The lowest BCUT2D eigenvalue weighted by Gasteiger charge is -2.20. The van der Waals surface area contributed by atoms with Crippen LogP contribution in [0.3, 0.4) is 0 Å². The fourth-order valence-electron chi connectivity index (χ4n) is 1.51. The first-order chi connectivity index (χ1) is 7.72. The van der Waals surface area contributed by atoms with Gasteiger partial charge in [0.15, 0.2) is 0 Å². The van der Waals surface area contributed by atoms with E-state index in [1.807, 2.05) is 18.3 Å². The van der Waals surface area contributed by atoms with Crippen molar-refractivity contribution in [3.8, 4) is 12.3 Å². The van der Waals surface area contributed by atoms with Gasteiger partial charge in [-0.15, -0.1) is 6.42 Å². The van der Waals surface area contributed by atoms with Crippen LogP contribution in [0, 0.1) is 12.3 Å². The van der Waals surface area contributed by atoms with Crippen molar-refractivity contribution in [2.75, 3.05) is 18.0 Å². The van der Waals surface area contributed by atoms with E-state index in [4.69, 9.17) is 12.2 Å². The minimum absolute atomic E-state index is 0.0248. The maximum Gasteiger partial charge on any atom is 0.0792 e. The lowest BCUT2D eigenvalue weighted by molar-refractivity contribution is 0.675. The zero-order chi connectivity index (χ0) is 12.0. The summed E-state index contributed by atoms with van der Waals surface area (Å²) in [6.07, 6.45) is 8.05. The summed E-state index contributed by atoms with van der Waals surface area (Å²) < 4.78 is 0. The second kappa shape index (κ2) is 6.14. The number of terminal acetylenes is 1. The van der Waals surface area contributed by atoms with Crippen molar-refractivity contribution in [2.45, 2.75) is 26.3 Å². The van der Waals surface area contributed by atoms with Crippen LogP contribution < -0.4 is 10.6 Å². The van der Waals surface area contributed by atoms with Gasteiger partial charge in [-0.2, -0.15) is 0 Å². The van der Waals surface area contributed by atoms with Crippen molar-refractivity contribution in [3.05, 3.63) is 24.0 Å². The predicted octanol–water partition coefficient (Wildman–Crippen LogP) is 1.95. The monoisotopic (exact) mass is 217 g/mol. The highest BCUT2D eigenvalue weighted by atomic mass is 15.1. The summed E-state index contributed by atoms with van der Waals surface area (Å²) in [4.78, 5) is 6.46. The van der Waals surface area contributed by atoms with Crippen molar-refractivity contribution < 1.29 is 0 Å². The number of nitrogens with zero attached hydrogens (tertiary/aromatic N) is 2. The van der Waals surface area contributed by atoms with E-state index in [2.05, 4.69) is 29.7 Å². The number of hydrogen-bond donors (Lipinski definition) is 1. The second-order valence-electron chi connectivity index (χ2n) is 3.67. The zero-order valence-corrected chi connectivity index (χ0v) is 9.98. The Morgan fingerprint density at radius 3 is 2.69 bits per heavy atom. The molecule has 3 heteroatoms. The molecule has 0 spiro atoms. The summed E-state index contributed by atoms with van der Waals surface area (Å²) in [5.41, 5.74) is 7.89. The Morgan fingerprint density at radius 1 is 1.50 bits per heavy atom. The summed E-state index contributed by atoms with van der Waals surface area (Å²) in [6, 6.07) is 4.03. The van der Waals surface area contributed by atoms with E-state index in [-0.39, 0.29) is 6.04 Å². The highest BCUT2D eigenvalue weighted by Gasteiger charge is 2.06. The van der Waals surface area contributed by atoms with Gasteiger partial charge in [0, 0.05) is 12.6 Å². The molecule has 1 unspecified atom stereocenters. The lowest BCUT2D eigenvalue weighted by Crippen LogP contribution is -2.23. The van der Waals surface area contributed by atoms with Gasteiger partial charge in [0.05, 0.1) is 24.1 Å². The molecule has 0 bridgehead atoms. The molecule has 1 atom stereocenters. The molecule has 1 rings (SSSR count). The van der Waals surface area contributed by atoms with E-state index in [1.54, 1.807) is 0 Å². The van der Waals surface area contributed by atoms with Crippen LogP contribution in [0.25, 0.3) is 0 Å². The Balaban J connectivity index is 2.81. The Morgan fingerprint density at radius 2 is 2.25 bits per heavy atom. The van der Waals surface area contributed by atoms with Gasteiger partial charge in [-0.25, -0.2) is 0 Å². The lowest BCUT2D eigenvalue weighted by atomic mass is 10.1. The molecule has 3 nitrogen and oxygen atoms in total. The summed E-state index contributed by atoms with van der Waals surface area (Å²) in [7, 11) is 0. The Bertz CT molecular complexity index is 350. The smallest absolute Gasteiger partial charge is 0.0792 e. The van der Waals surface area contributed by atoms with Crippen LogP contribution in [0.2, 0.25) is 0 Å². The Hall–Kier alpha value is -1.53. The van der Waals surface area contributed by atoms with Crippen molar-refractivity contribution in [1.82, 2.24) is 4.98 Å². The quantitative estimate of drug-likeness (QED) is 0.766. The molecular formula is C13H19N3. The van der Waals surface area contributed by atoms with E-state index in [0.717, 1.165) is 24.3 Å². The van der Waals surface area contributed by atoms with Crippen LogP contribution in [-0.4, -0.2) is 18.1 Å². The Labute approximate surface area is 97.7 Å². The molecule has 0 aliphatic rings. The molecule has 0 fully saturated rings. The normalized spacial score (nSPS) is 11.9. The molecule has 0 aromatic carbocycles. The zero-order valence-electron chi connectivity index (χ0n) is 9.98. The average molecular weight is 217 g/mol. The van der Waals surface area contributed by atoms with Crippen LogP contribution in [0.1, 0.15) is 32.0 Å².